The molecule has 1 aromatic heterocycles. The van der Waals surface area contributed by atoms with Crippen molar-refractivity contribution in [2.45, 2.75) is 20.8 Å². The highest BCUT2D eigenvalue weighted by Gasteiger charge is 2.14. The molecule has 94 valence electrons. The van der Waals surface area contributed by atoms with Gasteiger partial charge in [-0.2, -0.15) is 5.10 Å². The van der Waals surface area contributed by atoms with Gasteiger partial charge in [-0.05, 0) is 31.5 Å². The summed E-state index contributed by atoms with van der Waals surface area (Å²) in [5.74, 6) is 0.773. The molecule has 1 heterocycles. The van der Waals surface area contributed by atoms with Gasteiger partial charge in [0.15, 0.2) is 0 Å². The number of benzene rings is 1. The average molecular weight is 243 g/mol. The molecule has 0 fully saturated rings. The molecule has 0 spiro atoms. The Kier molecular flexibility index (Phi) is 3.19. The Balaban J connectivity index is 2.54. The van der Waals surface area contributed by atoms with Crippen molar-refractivity contribution in [1.29, 1.82) is 0 Å². The van der Waals surface area contributed by atoms with Gasteiger partial charge in [0.1, 0.15) is 5.82 Å². The molecule has 1 aromatic carbocycles. The molecule has 0 saturated heterocycles. The van der Waals surface area contributed by atoms with Crippen LogP contribution < -0.4 is 4.90 Å². The van der Waals surface area contributed by atoms with Crippen molar-refractivity contribution in [3.8, 4) is 5.69 Å². The normalized spacial score (nSPS) is 10.4. The zero-order valence-electron chi connectivity index (χ0n) is 11.1. The van der Waals surface area contributed by atoms with Crippen molar-refractivity contribution >= 4 is 11.7 Å². The van der Waals surface area contributed by atoms with E-state index in [0.29, 0.717) is 0 Å². The molecular formula is C14H17N3O. The van der Waals surface area contributed by atoms with E-state index in [9.17, 15) is 4.79 Å². The lowest BCUT2D eigenvalue weighted by Gasteiger charge is -2.16. The lowest BCUT2D eigenvalue weighted by molar-refractivity contribution is -0.116. The third-order valence-corrected chi connectivity index (χ3v) is 2.87. The summed E-state index contributed by atoms with van der Waals surface area (Å²) in [6.45, 7) is 5.50. The van der Waals surface area contributed by atoms with Crippen molar-refractivity contribution in [2.24, 2.45) is 0 Å². The van der Waals surface area contributed by atoms with Crippen LogP contribution in [0.15, 0.2) is 30.3 Å². The standard InChI is InChI=1S/C14H17N3O/c1-10-6-5-7-13(8-10)17-14(9-11(2)15-17)16(4)12(3)18/h5-9H,1-4H3. The van der Waals surface area contributed by atoms with Crippen LogP contribution in [0.1, 0.15) is 18.2 Å². The minimum Gasteiger partial charge on any atom is -0.300 e. The minimum absolute atomic E-state index is 0.0104. The molecule has 0 radical (unpaired) electrons. The van der Waals surface area contributed by atoms with Gasteiger partial charge in [0, 0.05) is 20.0 Å². The van der Waals surface area contributed by atoms with Gasteiger partial charge in [0.25, 0.3) is 0 Å². The molecule has 0 N–H and O–H groups in total. The number of amides is 1. The SMILES string of the molecule is CC(=O)N(C)c1cc(C)nn1-c1cccc(C)c1. The lowest BCUT2D eigenvalue weighted by Crippen LogP contribution is -2.25. The summed E-state index contributed by atoms with van der Waals surface area (Å²) in [7, 11) is 1.76. The molecule has 0 bridgehead atoms. The maximum absolute atomic E-state index is 11.5. The van der Waals surface area contributed by atoms with E-state index in [1.165, 1.54) is 0 Å². The van der Waals surface area contributed by atoms with E-state index in [4.69, 9.17) is 0 Å². The van der Waals surface area contributed by atoms with Gasteiger partial charge in [0.2, 0.25) is 5.91 Å². The van der Waals surface area contributed by atoms with E-state index in [1.54, 1.807) is 23.6 Å². The number of nitrogens with zero attached hydrogens (tertiary/aromatic N) is 3. The number of carbonyl (C=O) groups is 1. The second-order valence-electron chi connectivity index (χ2n) is 4.47. The molecule has 0 aliphatic carbocycles. The van der Waals surface area contributed by atoms with E-state index >= 15 is 0 Å². The predicted molar refractivity (Wildman–Crippen MR) is 72.1 cm³/mol. The number of anilines is 1. The lowest BCUT2D eigenvalue weighted by atomic mass is 10.2. The number of rotatable bonds is 2. The number of hydrogen-bond acceptors (Lipinski definition) is 2. The molecule has 4 heteroatoms. The van der Waals surface area contributed by atoms with Crippen LogP contribution in [0.2, 0.25) is 0 Å². The van der Waals surface area contributed by atoms with Crippen molar-refractivity contribution in [3.05, 3.63) is 41.6 Å². The highest BCUT2D eigenvalue weighted by Crippen LogP contribution is 2.20. The molecular weight excluding hydrogens is 226 g/mol. The maximum Gasteiger partial charge on any atom is 0.224 e. The number of hydrogen-bond donors (Lipinski definition) is 0. The van der Waals surface area contributed by atoms with Crippen molar-refractivity contribution in [1.82, 2.24) is 9.78 Å². The highest BCUT2D eigenvalue weighted by atomic mass is 16.2. The molecule has 0 aliphatic heterocycles. The zero-order valence-corrected chi connectivity index (χ0v) is 11.1. The first-order valence-corrected chi connectivity index (χ1v) is 5.87. The van der Waals surface area contributed by atoms with Crippen LogP contribution in [-0.2, 0) is 4.79 Å². The summed E-state index contributed by atoms with van der Waals surface area (Å²) in [6, 6.07) is 9.96. The Morgan fingerprint density at radius 2 is 2.00 bits per heavy atom. The third-order valence-electron chi connectivity index (χ3n) is 2.87. The van der Waals surface area contributed by atoms with Crippen LogP contribution in [0, 0.1) is 13.8 Å². The van der Waals surface area contributed by atoms with Gasteiger partial charge < -0.3 is 4.90 Å². The van der Waals surface area contributed by atoms with E-state index < -0.39 is 0 Å². The molecule has 0 atom stereocenters. The van der Waals surface area contributed by atoms with Crippen LogP contribution in [0.25, 0.3) is 5.69 Å². The number of aryl methyl sites for hydroxylation is 2. The van der Waals surface area contributed by atoms with E-state index in [1.807, 2.05) is 44.2 Å². The van der Waals surface area contributed by atoms with Crippen LogP contribution >= 0.6 is 0 Å². The van der Waals surface area contributed by atoms with E-state index in [-0.39, 0.29) is 5.91 Å². The number of carbonyl (C=O) groups excluding carboxylic acids is 1. The molecule has 1 amide bonds. The number of aromatic nitrogens is 2. The average Bonchev–Trinajstić information content (AvgIpc) is 2.70. The molecule has 0 saturated carbocycles. The molecule has 0 aliphatic rings. The van der Waals surface area contributed by atoms with Crippen LogP contribution in [0.3, 0.4) is 0 Å². The smallest absolute Gasteiger partial charge is 0.224 e. The Hall–Kier alpha value is -2.10. The van der Waals surface area contributed by atoms with Gasteiger partial charge in [-0.15, -0.1) is 0 Å². The largest absolute Gasteiger partial charge is 0.300 e. The molecule has 2 aromatic rings. The summed E-state index contributed by atoms with van der Waals surface area (Å²) in [6.07, 6.45) is 0. The summed E-state index contributed by atoms with van der Waals surface area (Å²) in [5, 5.41) is 4.45. The van der Waals surface area contributed by atoms with Gasteiger partial charge in [0.05, 0.1) is 11.4 Å². The Morgan fingerprint density at radius 1 is 1.28 bits per heavy atom. The second kappa shape index (κ2) is 4.64. The summed E-state index contributed by atoms with van der Waals surface area (Å²) < 4.78 is 1.80. The zero-order chi connectivity index (χ0) is 13.3. The monoisotopic (exact) mass is 243 g/mol. The third kappa shape index (κ3) is 2.27. The highest BCUT2D eigenvalue weighted by molar-refractivity contribution is 5.90. The first-order valence-electron chi connectivity index (χ1n) is 5.87. The van der Waals surface area contributed by atoms with Gasteiger partial charge >= 0.3 is 0 Å². The topological polar surface area (TPSA) is 38.1 Å². The Bertz CT molecular complexity index is 586. The minimum atomic E-state index is -0.0104. The first-order chi connectivity index (χ1) is 8.49. The fraction of sp³-hybridized carbons (Fsp3) is 0.286. The summed E-state index contributed by atoms with van der Waals surface area (Å²) >= 11 is 0. The van der Waals surface area contributed by atoms with Crippen LogP contribution in [-0.4, -0.2) is 22.7 Å². The van der Waals surface area contributed by atoms with E-state index in [2.05, 4.69) is 5.10 Å². The van der Waals surface area contributed by atoms with Crippen LogP contribution in [0.5, 0.6) is 0 Å². The predicted octanol–water partition coefficient (Wildman–Crippen LogP) is 2.47. The quantitative estimate of drug-likeness (QED) is 0.812. The molecule has 4 nitrogen and oxygen atoms in total. The van der Waals surface area contributed by atoms with Gasteiger partial charge in [-0.1, -0.05) is 12.1 Å². The fourth-order valence-electron chi connectivity index (χ4n) is 1.84. The molecule has 0 unspecified atom stereocenters. The van der Waals surface area contributed by atoms with E-state index in [0.717, 1.165) is 22.8 Å². The van der Waals surface area contributed by atoms with Crippen LogP contribution in [0.4, 0.5) is 5.82 Å². The summed E-state index contributed by atoms with van der Waals surface area (Å²) in [5.41, 5.74) is 3.02. The van der Waals surface area contributed by atoms with Gasteiger partial charge in [-0.25, -0.2) is 4.68 Å². The fourth-order valence-corrected chi connectivity index (χ4v) is 1.84. The molecule has 18 heavy (non-hydrogen) atoms. The van der Waals surface area contributed by atoms with Crippen molar-refractivity contribution < 1.29 is 4.79 Å². The van der Waals surface area contributed by atoms with Gasteiger partial charge in [-0.3, -0.25) is 4.79 Å². The molecule has 2 rings (SSSR count). The second-order valence-corrected chi connectivity index (χ2v) is 4.47. The summed E-state index contributed by atoms with van der Waals surface area (Å²) in [4.78, 5) is 13.1. The Morgan fingerprint density at radius 3 is 2.61 bits per heavy atom. The maximum atomic E-state index is 11.5. The Labute approximate surface area is 107 Å². The van der Waals surface area contributed by atoms with Crippen molar-refractivity contribution in [3.63, 3.8) is 0 Å². The first kappa shape index (κ1) is 12.4. The van der Waals surface area contributed by atoms with Crippen molar-refractivity contribution in [2.75, 3.05) is 11.9 Å².